The van der Waals surface area contributed by atoms with E-state index in [-0.39, 0.29) is 17.7 Å². The quantitative estimate of drug-likeness (QED) is 0.396. The summed E-state index contributed by atoms with van der Waals surface area (Å²) in [4.78, 5) is 46.4. The lowest BCUT2D eigenvalue weighted by Gasteiger charge is -2.43. The van der Waals surface area contributed by atoms with E-state index >= 15 is 0 Å². The van der Waals surface area contributed by atoms with Gasteiger partial charge in [-0.05, 0) is 59.8 Å². The monoisotopic (exact) mass is 512 g/mol. The Bertz CT molecular complexity index is 1290. The molecule has 7 nitrogen and oxygen atoms in total. The topological polar surface area (TPSA) is 64.2 Å². The maximum absolute atomic E-state index is 13.9. The Labute approximate surface area is 224 Å². The number of piperidine rings is 2. The van der Waals surface area contributed by atoms with Crippen LogP contribution in [0.4, 0.5) is 0 Å². The number of amides is 3. The fraction of sp³-hybridized carbons (Fsp3) is 0.452. The second-order valence-electron chi connectivity index (χ2n) is 11.0. The summed E-state index contributed by atoms with van der Waals surface area (Å²) in [5, 5.41) is 4.23. The molecule has 3 aromatic rings. The number of likely N-dealkylation sites (tertiary alicyclic amines) is 2. The van der Waals surface area contributed by atoms with Crippen LogP contribution in [0, 0.1) is 5.92 Å². The van der Waals surface area contributed by atoms with Crippen molar-refractivity contribution in [2.24, 2.45) is 5.92 Å². The minimum Gasteiger partial charge on any atom is -0.342 e. The Morgan fingerprint density at radius 2 is 1.37 bits per heavy atom. The zero-order chi connectivity index (χ0) is 26.1. The summed E-state index contributed by atoms with van der Waals surface area (Å²) in [5.74, 6) is 0.404. The maximum atomic E-state index is 13.9. The number of hydrogen-bond donors (Lipinski definition) is 0. The van der Waals surface area contributed by atoms with Gasteiger partial charge >= 0.3 is 0 Å². The van der Waals surface area contributed by atoms with Gasteiger partial charge in [0.25, 0.3) is 5.91 Å². The molecular weight excluding hydrogens is 476 g/mol. The molecule has 3 amide bonds. The molecule has 0 N–H and O–H groups in total. The number of carbonyl (C=O) groups is 3. The molecule has 3 saturated heterocycles. The fourth-order valence-corrected chi connectivity index (χ4v) is 6.68. The van der Waals surface area contributed by atoms with Crippen molar-refractivity contribution in [3.05, 3.63) is 60.2 Å². The third-order valence-corrected chi connectivity index (χ3v) is 8.83. The van der Waals surface area contributed by atoms with Crippen LogP contribution in [0.1, 0.15) is 36.0 Å². The van der Waals surface area contributed by atoms with Crippen LogP contribution in [0.3, 0.4) is 0 Å². The lowest BCUT2D eigenvalue weighted by atomic mass is 9.92. The predicted octanol–water partition coefficient (Wildman–Crippen LogP) is 3.61. The van der Waals surface area contributed by atoms with Crippen LogP contribution in [0.5, 0.6) is 0 Å². The van der Waals surface area contributed by atoms with Crippen LogP contribution in [-0.2, 0) is 9.59 Å². The Balaban J connectivity index is 1.12. The van der Waals surface area contributed by atoms with E-state index in [2.05, 4.69) is 35.2 Å². The number of nitrogens with zero attached hydrogens (tertiary/aromatic N) is 4. The lowest BCUT2D eigenvalue weighted by molar-refractivity contribution is -0.141. The molecule has 1 atom stereocenters. The normalized spacial score (nSPS) is 21.7. The number of rotatable bonds is 4. The minimum absolute atomic E-state index is 0.0354. The molecule has 3 fully saturated rings. The van der Waals surface area contributed by atoms with Crippen LogP contribution < -0.4 is 0 Å². The van der Waals surface area contributed by atoms with Gasteiger partial charge in [-0.3, -0.25) is 19.3 Å². The van der Waals surface area contributed by atoms with Gasteiger partial charge in [-0.2, -0.15) is 0 Å². The summed E-state index contributed by atoms with van der Waals surface area (Å²) in [7, 11) is 0. The van der Waals surface area contributed by atoms with Crippen LogP contribution in [0.15, 0.2) is 54.6 Å². The number of piperazine rings is 1. The zero-order valence-electron chi connectivity index (χ0n) is 21.9. The molecule has 3 aliphatic rings. The van der Waals surface area contributed by atoms with Gasteiger partial charge in [-0.1, -0.05) is 48.5 Å². The second kappa shape index (κ2) is 10.7. The minimum atomic E-state index is 0.0354. The number of fused-ring (bicyclic) bond motifs is 2. The molecule has 0 unspecified atom stereocenters. The van der Waals surface area contributed by atoms with E-state index in [0.717, 1.165) is 85.4 Å². The molecule has 38 heavy (non-hydrogen) atoms. The van der Waals surface area contributed by atoms with Gasteiger partial charge in [0.15, 0.2) is 0 Å². The molecule has 0 saturated carbocycles. The summed E-state index contributed by atoms with van der Waals surface area (Å²) < 4.78 is 0. The third-order valence-electron chi connectivity index (χ3n) is 8.83. The summed E-state index contributed by atoms with van der Waals surface area (Å²) >= 11 is 0. The number of benzene rings is 3. The molecule has 0 spiro atoms. The Morgan fingerprint density at radius 1 is 0.737 bits per heavy atom. The van der Waals surface area contributed by atoms with Gasteiger partial charge < -0.3 is 14.7 Å². The van der Waals surface area contributed by atoms with Crippen molar-refractivity contribution in [3.8, 4) is 0 Å². The third kappa shape index (κ3) is 4.75. The highest BCUT2D eigenvalue weighted by atomic mass is 16.2. The van der Waals surface area contributed by atoms with Crippen LogP contribution in [-0.4, -0.2) is 96.2 Å². The first kappa shape index (κ1) is 24.9. The highest BCUT2D eigenvalue weighted by Crippen LogP contribution is 2.31. The van der Waals surface area contributed by atoms with Gasteiger partial charge in [0.2, 0.25) is 12.3 Å². The summed E-state index contributed by atoms with van der Waals surface area (Å²) in [6.07, 6.45) is 4.73. The highest BCUT2D eigenvalue weighted by Gasteiger charge is 2.35. The molecule has 3 aromatic carbocycles. The van der Waals surface area contributed by atoms with E-state index < -0.39 is 0 Å². The number of carbonyl (C=O) groups excluding carboxylic acids is 3. The first-order chi connectivity index (χ1) is 18.6. The molecule has 0 aromatic heterocycles. The lowest BCUT2D eigenvalue weighted by Crippen LogP contribution is -2.54. The van der Waals surface area contributed by atoms with Crippen LogP contribution >= 0.6 is 0 Å². The molecule has 6 rings (SSSR count). The van der Waals surface area contributed by atoms with E-state index in [1.165, 1.54) is 0 Å². The van der Waals surface area contributed by atoms with Crippen molar-refractivity contribution in [3.63, 3.8) is 0 Å². The molecule has 198 valence electrons. The Kier molecular flexibility index (Phi) is 7.02. The van der Waals surface area contributed by atoms with Crippen LogP contribution in [0.2, 0.25) is 0 Å². The van der Waals surface area contributed by atoms with Crippen molar-refractivity contribution in [1.82, 2.24) is 19.6 Å². The van der Waals surface area contributed by atoms with E-state index in [1.54, 1.807) is 4.90 Å². The van der Waals surface area contributed by atoms with Crippen molar-refractivity contribution < 1.29 is 14.4 Å². The average molecular weight is 513 g/mol. The number of hydrogen-bond acceptors (Lipinski definition) is 4. The van der Waals surface area contributed by atoms with Gasteiger partial charge in [0, 0.05) is 51.9 Å². The van der Waals surface area contributed by atoms with Crippen molar-refractivity contribution in [2.45, 2.75) is 31.7 Å². The first-order valence-corrected chi connectivity index (χ1v) is 14.0. The van der Waals surface area contributed by atoms with Gasteiger partial charge in [0.05, 0.1) is 11.5 Å². The summed E-state index contributed by atoms with van der Waals surface area (Å²) in [6, 6.07) is 18.9. The zero-order valence-corrected chi connectivity index (χ0v) is 21.9. The molecular formula is C31H36N4O3. The van der Waals surface area contributed by atoms with Crippen molar-refractivity contribution in [2.75, 3.05) is 52.4 Å². The molecule has 3 heterocycles. The fourth-order valence-electron chi connectivity index (χ4n) is 6.68. The summed E-state index contributed by atoms with van der Waals surface area (Å²) in [6.45, 7) is 5.84. The average Bonchev–Trinajstić information content (AvgIpc) is 2.99. The highest BCUT2D eigenvalue weighted by molar-refractivity contribution is 6.18. The van der Waals surface area contributed by atoms with Gasteiger partial charge in [-0.25, -0.2) is 0 Å². The van der Waals surface area contributed by atoms with Gasteiger partial charge in [-0.15, -0.1) is 0 Å². The standard InChI is InChI=1S/C31H36N4O3/c36-22-32-16-18-34(19-17-32)30(37)25-8-5-13-35(21-25)26-11-14-33(15-12-26)31(38)29-27-9-3-1-6-23(27)20-24-7-2-4-10-28(24)29/h1-4,6-7,9-10,20,22,25-26H,5,8,11-19,21H2/t25-/m1/s1. The van der Waals surface area contributed by atoms with Crippen molar-refractivity contribution >= 4 is 39.8 Å². The Morgan fingerprint density at radius 3 is 2.00 bits per heavy atom. The van der Waals surface area contributed by atoms with E-state index in [1.807, 2.05) is 34.1 Å². The van der Waals surface area contributed by atoms with E-state index in [0.29, 0.717) is 32.2 Å². The molecule has 0 radical (unpaired) electrons. The van der Waals surface area contributed by atoms with Crippen LogP contribution in [0.25, 0.3) is 21.5 Å². The van der Waals surface area contributed by atoms with E-state index in [4.69, 9.17) is 0 Å². The molecule has 7 heteroatoms. The molecule has 0 aliphatic carbocycles. The summed E-state index contributed by atoms with van der Waals surface area (Å²) in [5.41, 5.74) is 0.815. The Hall–Kier alpha value is -3.45. The van der Waals surface area contributed by atoms with Crippen molar-refractivity contribution in [1.29, 1.82) is 0 Å². The SMILES string of the molecule is O=CN1CCN(C(=O)[C@@H]2CCCN(C3CCN(C(=O)c4c5ccccc5cc5ccccc45)CC3)C2)CC1. The smallest absolute Gasteiger partial charge is 0.255 e. The van der Waals surface area contributed by atoms with E-state index in [9.17, 15) is 14.4 Å². The molecule has 0 bridgehead atoms. The van der Waals surface area contributed by atoms with Gasteiger partial charge in [0.1, 0.15) is 0 Å². The second-order valence-corrected chi connectivity index (χ2v) is 11.0. The first-order valence-electron chi connectivity index (χ1n) is 14.0. The maximum Gasteiger partial charge on any atom is 0.255 e. The molecule has 3 aliphatic heterocycles. The predicted molar refractivity (Wildman–Crippen MR) is 149 cm³/mol. The largest absolute Gasteiger partial charge is 0.342 e.